The molecule has 0 fully saturated rings. The minimum absolute atomic E-state index is 0.116. The van der Waals surface area contributed by atoms with Crippen LogP contribution in [0.1, 0.15) is 5.56 Å². The maximum atomic E-state index is 11.6. The Morgan fingerprint density at radius 3 is 2.41 bits per heavy atom. The quantitative estimate of drug-likeness (QED) is 0.774. The lowest BCUT2D eigenvalue weighted by Gasteiger charge is -2.01. The largest absolute Gasteiger partial charge is 0.417 e. The molecule has 2 nitrogen and oxygen atoms in total. The van der Waals surface area contributed by atoms with Gasteiger partial charge in [0.15, 0.2) is 5.75 Å². The highest BCUT2D eigenvalue weighted by atomic mass is 32.2. The van der Waals surface area contributed by atoms with Crippen LogP contribution in [0, 0.1) is 6.92 Å². The maximum absolute atomic E-state index is 11.6. The molecule has 0 N–H and O–H groups in total. The standard InChI is InChI=1S/C14H12O2S/c1-11-7-9-12(10-8-11)17-16-14-6-4-2-3-5-13(14)15/h2-10H,1H3. The van der Waals surface area contributed by atoms with Gasteiger partial charge in [0, 0.05) is 4.90 Å². The first-order chi connectivity index (χ1) is 8.25. The Balaban J connectivity index is 2.10. The average molecular weight is 244 g/mol. The Labute approximate surface area is 104 Å². The van der Waals surface area contributed by atoms with Gasteiger partial charge in [-0.2, -0.15) is 0 Å². The van der Waals surface area contributed by atoms with Gasteiger partial charge in [-0.05, 0) is 31.2 Å². The second-order valence-corrected chi connectivity index (χ2v) is 4.42. The van der Waals surface area contributed by atoms with Crippen molar-refractivity contribution in [3.8, 4) is 5.75 Å². The number of rotatable bonds is 3. The van der Waals surface area contributed by atoms with Crippen LogP contribution in [0.25, 0.3) is 0 Å². The van der Waals surface area contributed by atoms with Crippen LogP contribution in [-0.4, -0.2) is 0 Å². The first-order valence-electron chi connectivity index (χ1n) is 5.26. The molecule has 2 aromatic rings. The first-order valence-corrected chi connectivity index (χ1v) is 6.00. The summed E-state index contributed by atoms with van der Waals surface area (Å²) in [6.45, 7) is 2.03. The first kappa shape index (κ1) is 11.7. The fourth-order valence-corrected chi connectivity index (χ4v) is 1.84. The number of hydrogen-bond donors (Lipinski definition) is 0. The van der Waals surface area contributed by atoms with Gasteiger partial charge >= 0.3 is 0 Å². The lowest BCUT2D eigenvalue weighted by molar-refractivity contribution is 0.640. The number of benzene rings is 1. The molecule has 0 aliphatic rings. The molecule has 0 heterocycles. The predicted molar refractivity (Wildman–Crippen MR) is 70.4 cm³/mol. The molecule has 2 rings (SSSR count). The average Bonchev–Trinajstić information content (AvgIpc) is 2.54. The Bertz CT molecular complexity index is 549. The maximum Gasteiger partial charge on any atom is 0.221 e. The van der Waals surface area contributed by atoms with E-state index < -0.39 is 0 Å². The van der Waals surface area contributed by atoms with Crippen molar-refractivity contribution in [1.29, 1.82) is 0 Å². The van der Waals surface area contributed by atoms with E-state index in [-0.39, 0.29) is 5.43 Å². The summed E-state index contributed by atoms with van der Waals surface area (Å²) in [4.78, 5) is 12.5. The summed E-state index contributed by atoms with van der Waals surface area (Å²) < 4.78 is 5.43. The summed E-state index contributed by atoms with van der Waals surface area (Å²) in [5.74, 6) is 0.348. The molecule has 17 heavy (non-hydrogen) atoms. The Morgan fingerprint density at radius 1 is 0.941 bits per heavy atom. The number of aryl methyl sites for hydroxylation is 1. The molecule has 0 saturated heterocycles. The molecule has 0 amide bonds. The van der Waals surface area contributed by atoms with Gasteiger partial charge in [-0.1, -0.05) is 35.9 Å². The highest BCUT2D eigenvalue weighted by molar-refractivity contribution is 7.95. The van der Waals surface area contributed by atoms with Crippen molar-refractivity contribution in [2.45, 2.75) is 11.8 Å². The third-order valence-electron chi connectivity index (χ3n) is 2.21. The Kier molecular flexibility index (Phi) is 3.83. The fraction of sp³-hybridized carbons (Fsp3) is 0.0714. The van der Waals surface area contributed by atoms with E-state index in [0.717, 1.165) is 4.90 Å². The zero-order chi connectivity index (χ0) is 12.1. The highest BCUT2D eigenvalue weighted by Crippen LogP contribution is 2.20. The predicted octanol–water partition coefficient (Wildman–Crippen LogP) is 3.44. The summed E-state index contributed by atoms with van der Waals surface area (Å²) in [7, 11) is 0. The van der Waals surface area contributed by atoms with E-state index in [9.17, 15) is 4.79 Å². The molecule has 0 saturated carbocycles. The second kappa shape index (κ2) is 5.55. The Morgan fingerprint density at radius 2 is 1.65 bits per heavy atom. The van der Waals surface area contributed by atoms with Gasteiger partial charge in [0.25, 0.3) is 0 Å². The van der Waals surface area contributed by atoms with Crippen molar-refractivity contribution in [2.24, 2.45) is 0 Å². The fourth-order valence-electron chi connectivity index (χ4n) is 1.27. The molecule has 0 aliphatic heterocycles. The van der Waals surface area contributed by atoms with E-state index in [2.05, 4.69) is 0 Å². The van der Waals surface area contributed by atoms with Gasteiger partial charge in [0.1, 0.15) is 0 Å². The van der Waals surface area contributed by atoms with E-state index in [0.29, 0.717) is 5.75 Å². The van der Waals surface area contributed by atoms with E-state index in [1.807, 2.05) is 31.2 Å². The molecule has 2 aromatic carbocycles. The molecular weight excluding hydrogens is 232 g/mol. The molecule has 0 unspecified atom stereocenters. The topological polar surface area (TPSA) is 26.3 Å². The van der Waals surface area contributed by atoms with Crippen LogP contribution in [0.15, 0.2) is 64.3 Å². The van der Waals surface area contributed by atoms with Gasteiger partial charge in [0.05, 0.1) is 12.0 Å². The summed E-state index contributed by atoms with van der Waals surface area (Å²) >= 11 is 1.19. The second-order valence-electron chi connectivity index (χ2n) is 3.62. The van der Waals surface area contributed by atoms with Crippen molar-refractivity contribution in [1.82, 2.24) is 0 Å². The molecular formula is C14H12O2S. The van der Waals surface area contributed by atoms with E-state index in [1.54, 1.807) is 24.3 Å². The zero-order valence-corrected chi connectivity index (χ0v) is 10.2. The molecule has 86 valence electrons. The molecule has 0 atom stereocenters. The van der Waals surface area contributed by atoms with Crippen molar-refractivity contribution in [3.05, 3.63) is 70.4 Å². The van der Waals surface area contributed by atoms with Gasteiger partial charge in [0.2, 0.25) is 5.43 Å². The van der Waals surface area contributed by atoms with Crippen LogP contribution in [0.2, 0.25) is 0 Å². The van der Waals surface area contributed by atoms with E-state index in [1.165, 1.54) is 23.7 Å². The highest BCUT2D eigenvalue weighted by Gasteiger charge is 2.00. The SMILES string of the molecule is Cc1ccc(SOc2cccccc2=O)cc1. The van der Waals surface area contributed by atoms with Crippen LogP contribution in [0.4, 0.5) is 0 Å². The normalized spacial score (nSPS) is 9.94. The van der Waals surface area contributed by atoms with Crippen molar-refractivity contribution in [3.63, 3.8) is 0 Å². The minimum atomic E-state index is -0.116. The Hall–Kier alpha value is -1.74. The third kappa shape index (κ3) is 3.36. The summed E-state index contributed by atoms with van der Waals surface area (Å²) in [6.07, 6.45) is 0. The third-order valence-corrected chi connectivity index (χ3v) is 2.94. The lowest BCUT2D eigenvalue weighted by Crippen LogP contribution is -1.98. The van der Waals surface area contributed by atoms with Gasteiger partial charge in [-0.15, -0.1) is 0 Å². The number of hydrogen-bond acceptors (Lipinski definition) is 3. The van der Waals surface area contributed by atoms with Crippen LogP contribution in [0.3, 0.4) is 0 Å². The molecule has 0 spiro atoms. The summed E-state index contributed by atoms with van der Waals surface area (Å²) in [5, 5.41) is 0. The van der Waals surface area contributed by atoms with Crippen LogP contribution in [-0.2, 0) is 0 Å². The van der Waals surface area contributed by atoms with Gasteiger partial charge in [-0.3, -0.25) is 4.79 Å². The summed E-state index contributed by atoms with van der Waals surface area (Å²) in [5.41, 5.74) is 1.08. The van der Waals surface area contributed by atoms with Gasteiger partial charge < -0.3 is 4.18 Å². The smallest absolute Gasteiger partial charge is 0.221 e. The molecule has 0 aliphatic carbocycles. The van der Waals surface area contributed by atoms with Crippen LogP contribution < -0.4 is 9.61 Å². The molecule has 0 radical (unpaired) electrons. The lowest BCUT2D eigenvalue weighted by atomic mass is 10.2. The van der Waals surface area contributed by atoms with Crippen molar-refractivity contribution < 1.29 is 4.18 Å². The van der Waals surface area contributed by atoms with E-state index in [4.69, 9.17) is 4.18 Å². The summed E-state index contributed by atoms with van der Waals surface area (Å²) in [6, 6.07) is 16.4. The monoisotopic (exact) mass is 244 g/mol. The van der Waals surface area contributed by atoms with Crippen molar-refractivity contribution in [2.75, 3.05) is 0 Å². The van der Waals surface area contributed by atoms with Crippen LogP contribution >= 0.6 is 12.0 Å². The van der Waals surface area contributed by atoms with E-state index >= 15 is 0 Å². The minimum Gasteiger partial charge on any atom is -0.417 e. The molecule has 0 bridgehead atoms. The van der Waals surface area contributed by atoms with Crippen molar-refractivity contribution >= 4 is 12.0 Å². The molecule has 3 heteroatoms. The van der Waals surface area contributed by atoms with Crippen LogP contribution in [0.5, 0.6) is 5.75 Å². The molecule has 0 aromatic heterocycles. The zero-order valence-electron chi connectivity index (χ0n) is 9.42. The van der Waals surface area contributed by atoms with Gasteiger partial charge in [-0.25, -0.2) is 0 Å².